The third-order valence-electron chi connectivity index (χ3n) is 2.74. The SMILES string of the molecule is CCOc1ccc(NC(=O)c2cccc(F)n2)cc1CO. The van der Waals surface area contributed by atoms with Gasteiger partial charge in [0.15, 0.2) is 0 Å². The number of carbonyl (C=O) groups excluding carboxylic acids is 1. The molecule has 1 aromatic carbocycles. The third-order valence-corrected chi connectivity index (χ3v) is 2.74. The van der Waals surface area contributed by atoms with Crippen LogP contribution in [-0.2, 0) is 6.61 Å². The van der Waals surface area contributed by atoms with Crippen molar-refractivity contribution in [1.82, 2.24) is 4.98 Å². The summed E-state index contributed by atoms with van der Waals surface area (Å²) >= 11 is 0. The number of amides is 1. The fraction of sp³-hybridized carbons (Fsp3) is 0.200. The van der Waals surface area contributed by atoms with Gasteiger partial charge in [0, 0.05) is 11.3 Å². The van der Waals surface area contributed by atoms with Crippen molar-refractivity contribution in [2.24, 2.45) is 0 Å². The second kappa shape index (κ2) is 6.81. The molecule has 2 aromatic rings. The van der Waals surface area contributed by atoms with Crippen LogP contribution in [0.4, 0.5) is 10.1 Å². The Hall–Kier alpha value is -2.47. The molecule has 0 aliphatic carbocycles. The Labute approximate surface area is 121 Å². The summed E-state index contributed by atoms with van der Waals surface area (Å²) in [6, 6.07) is 8.89. The van der Waals surface area contributed by atoms with Crippen LogP contribution in [0, 0.1) is 5.95 Å². The molecule has 0 aliphatic heterocycles. The summed E-state index contributed by atoms with van der Waals surface area (Å²) in [5, 5.41) is 11.9. The van der Waals surface area contributed by atoms with Crippen LogP contribution in [0.15, 0.2) is 36.4 Å². The smallest absolute Gasteiger partial charge is 0.274 e. The lowest BCUT2D eigenvalue weighted by Crippen LogP contribution is -2.14. The average molecular weight is 290 g/mol. The summed E-state index contributed by atoms with van der Waals surface area (Å²) in [6.07, 6.45) is 0. The maximum atomic E-state index is 13.0. The molecule has 0 atom stereocenters. The molecule has 0 radical (unpaired) electrons. The van der Waals surface area contributed by atoms with Gasteiger partial charge in [-0.2, -0.15) is 4.39 Å². The Morgan fingerprint density at radius 2 is 2.19 bits per heavy atom. The molecule has 0 bridgehead atoms. The lowest BCUT2D eigenvalue weighted by atomic mass is 10.2. The van der Waals surface area contributed by atoms with Crippen LogP contribution in [-0.4, -0.2) is 22.6 Å². The maximum absolute atomic E-state index is 13.0. The van der Waals surface area contributed by atoms with Gasteiger partial charge in [-0.25, -0.2) is 4.98 Å². The number of hydrogen-bond donors (Lipinski definition) is 2. The van der Waals surface area contributed by atoms with Crippen molar-refractivity contribution < 1.29 is 19.0 Å². The van der Waals surface area contributed by atoms with Crippen molar-refractivity contribution >= 4 is 11.6 Å². The van der Waals surface area contributed by atoms with Gasteiger partial charge in [0.25, 0.3) is 5.91 Å². The number of aliphatic hydroxyl groups excluding tert-OH is 1. The number of hydrogen-bond acceptors (Lipinski definition) is 4. The second-order valence-corrected chi connectivity index (χ2v) is 4.21. The first-order chi connectivity index (χ1) is 10.1. The summed E-state index contributed by atoms with van der Waals surface area (Å²) in [4.78, 5) is 15.4. The topological polar surface area (TPSA) is 71.5 Å². The molecule has 1 aromatic heterocycles. The molecule has 0 spiro atoms. The highest BCUT2D eigenvalue weighted by Crippen LogP contribution is 2.23. The zero-order valence-electron chi connectivity index (χ0n) is 11.5. The molecule has 1 heterocycles. The molecule has 0 saturated carbocycles. The number of nitrogens with one attached hydrogen (secondary N) is 1. The number of pyridine rings is 1. The van der Waals surface area contributed by atoms with E-state index in [2.05, 4.69) is 10.3 Å². The number of carbonyl (C=O) groups is 1. The normalized spacial score (nSPS) is 10.2. The number of aliphatic hydroxyl groups is 1. The molecular formula is C15H15FN2O3. The summed E-state index contributed by atoms with van der Waals surface area (Å²) < 4.78 is 18.3. The van der Waals surface area contributed by atoms with Crippen LogP contribution in [0.25, 0.3) is 0 Å². The van der Waals surface area contributed by atoms with Crippen LogP contribution in [0.2, 0.25) is 0 Å². The van der Waals surface area contributed by atoms with Crippen LogP contribution >= 0.6 is 0 Å². The first-order valence-electron chi connectivity index (χ1n) is 6.44. The molecule has 21 heavy (non-hydrogen) atoms. The van der Waals surface area contributed by atoms with Crippen molar-refractivity contribution in [3.8, 4) is 5.75 Å². The second-order valence-electron chi connectivity index (χ2n) is 4.21. The Kier molecular flexibility index (Phi) is 4.84. The van der Waals surface area contributed by atoms with Crippen LogP contribution in [0.5, 0.6) is 5.75 Å². The van der Waals surface area contributed by atoms with Crippen molar-refractivity contribution in [2.75, 3.05) is 11.9 Å². The zero-order chi connectivity index (χ0) is 15.2. The quantitative estimate of drug-likeness (QED) is 0.829. The van der Waals surface area contributed by atoms with E-state index >= 15 is 0 Å². The molecule has 110 valence electrons. The molecule has 2 N–H and O–H groups in total. The number of rotatable bonds is 5. The first-order valence-corrected chi connectivity index (χ1v) is 6.44. The van der Waals surface area contributed by atoms with Crippen LogP contribution in [0.3, 0.4) is 0 Å². The minimum Gasteiger partial charge on any atom is -0.494 e. The van der Waals surface area contributed by atoms with Crippen molar-refractivity contribution in [3.05, 3.63) is 53.6 Å². The van der Waals surface area contributed by atoms with E-state index in [4.69, 9.17) is 4.74 Å². The Morgan fingerprint density at radius 3 is 2.86 bits per heavy atom. The van der Waals surface area contributed by atoms with Gasteiger partial charge in [0.05, 0.1) is 13.2 Å². The average Bonchev–Trinajstić information content (AvgIpc) is 2.49. The third kappa shape index (κ3) is 3.76. The monoisotopic (exact) mass is 290 g/mol. The highest BCUT2D eigenvalue weighted by Gasteiger charge is 2.10. The van der Waals surface area contributed by atoms with Crippen molar-refractivity contribution in [3.63, 3.8) is 0 Å². The first kappa shape index (κ1) is 14.9. The van der Waals surface area contributed by atoms with E-state index in [0.29, 0.717) is 23.6 Å². The van der Waals surface area contributed by atoms with Gasteiger partial charge in [-0.15, -0.1) is 0 Å². The van der Waals surface area contributed by atoms with E-state index in [0.717, 1.165) is 6.07 Å². The Morgan fingerprint density at radius 1 is 1.38 bits per heavy atom. The van der Waals surface area contributed by atoms with Crippen molar-refractivity contribution in [1.29, 1.82) is 0 Å². The summed E-state index contributed by atoms with van der Waals surface area (Å²) in [6.45, 7) is 2.11. The lowest BCUT2D eigenvalue weighted by Gasteiger charge is -2.11. The van der Waals surface area contributed by atoms with Crippen LogP contribution < -0.4 is 10.1 Å². The van der Waals surface area contributed by atoms with E-state index in [1.165, 1.54) is 12.1 Å². The molecule has 0 fully saturated rings. The fourth-order valence-corrected chi connectivity index (χ4v) is 1.81. The van der Waals surface area contributed by atoms with Gasteiger partial charge in [-0.3, -0.25) is 4.79 Å². The Bertz CT molecular complexity index is 647. The van der Waals surface area contributed by atoms with Crippen molar-refractivity contribution in [2.45, 2.75) is 13.5 Å². The molecule has 0 saturated heterocycles. The Balaban J connectivity index is 2.17. The predicted molar refractivity (Wildman–Crippen MR) is 75.7 cm³/mol. The maximum Gasteiger partial charge on any atom is 0.274 e. The van der Waals surface area contributed by atoms with E-state index < -0.39 is 11.9 Å². The largest absolute Gasteiger partial charge is 0.494 e. The standard InChI is InChI=1S/C15H15FN2O3/c1-2-21-13-7-6-11(8-10(13)9-19)17-15(20)12-4-3-5-14(16)18-12/h3-8,19H,2,9H2,1H3,(H,17,20). The number of aromatic nitrogens is 1. The summed E-state index contributed by atoms with van der Waals surface area (Å²) in [7, 11) is 0. The number of halogens is 1. The highest BCUT2D eigenvalue weighted by molar-refractivity contribution is 6.02. The molecular weight excluding hydrogens is 275 g/mol. The summed E-state index contributed by atoms with van der Waals surface area (Å²) in [5.41, 5.74) is 1.01. The van der Waals surface area contributed by atoms with Gasteiger partial charge in [0.1, 0.15) is 11.4 Å². The van der Waals surface area contributed by atoms with Gasteiger partial charge < -0.3 is 15.2 Å². The zero-order valence-corrected chi connectivity index (χ0v) is 11.5. The molecule has 1 amide bonds. The fourth-order valence-electron chi connectivity index (χ4n) is 1.81. The minimum absolute atomic E-state index is 0.0190. The van der Waals surface area contributed by atoms with Gasteiger partial charge in [-0.05, 0) is 37.3 Å². The van der Waals surface area contributed by atoms with E-state index in [1.54, 1.807) is 18.2 Å². The van der Waals surface area contributed by atoms with Gasteiger partial charge >= 0.3 is 0 Å². The van der Waals surface area contributed by atoms with E-state index in [9.17, 15) is 14.3 Å². The number of benzene rings is 1. The molecule has 0 unspecified atom stereocenters. The van der Waals surface area contributed by atoms with Gasteiger partial charge in [-0.1, -0.05) is 6.07 Å². The number of anilines is 1. The van der Waals surface area contributed by atoms with Gasteiger partial charge in [0.2, 0.25) is 5.95 Å². The predicted octanol–water partition coefficient (Wildman–Crippen LogP) is 2.36. The highest BCUT2D eigenvalue weighted by atomic mass is 19.1. The molecule has 2 rings (SSSR count). The number of nitrogens with zero attached hydrogens (tertiary/aromatic N) is 1. The molecule has 0 aliphatic rings. The lowest BCUT2D eigenvalue weighted by molar-refractivity contribution is 0.102. The molecule has 5 nitrogen and oxygen atoms in total. The molecule has 6 heteroatoms. The van der Waals surface area contributed by atoms with Crippen LogP contribution in [0.1, 0.15) is 23.0 Å². The summed E-state index contributed by atoms with van der Waals surface area (Å²) in [5.74, 6) is -0.685. The van der Waals surface area contributed by atoms with E-state index in [1.807, 2.05) is 6.92 Å². The number of ether oxygens (including phenoxy) is 1. The van der Waals surface area contributed by atoms with E-state index in [-0.39, 0.29) is 12.3 Å². The minimum atomic E-state index is -0.717.